The van der Waals surface area contributed by atoms with E-state index in [4.69, 9.17) is 28.9 Å². The minimum Gasteiger partial charge on any atom is -0.368 e. The first-order chi connectivity index (χ1) is 20.5. The highest BCUT2D eigenvalue weighted by molar-refractivity contribution is 7.89. The Bertz CT molecular complexity index is 1940. The number of primary amides is 1. The van der Waals surface area contributed by atoms with Gasteiger partial charge in [-0.15, -0.1) is 0 Å². The van der Waals surface area contributed by atoms with Crippen LogP contribution in [0.25, 0.3) is 11.1 Å². The van der Waals surface area contributed by atoms with Gasteiger partial charge < -0.3 is 5.73 Å². The summed E-state index contributed by atoms with van der Waals surface area (Å²) in [4.78, 5) is 39.9. The zero-order chi connectivity index (χ0) is 30.7. The van der Waals surface area contributed by atoms with Crippen LogP contribution in [0, 0.1) is 11.3 Å². The predicted molar refractivity (Wildman–Crippen MR) is 157 cm³/mol. The second-order valence-corrected chi connectivity index (χ2v) is 13.1. The van der Waals surface area contributed by atoms with Crippen LogP contribution in [0.1, 0.15) is 24.6 Å². The first kappa shape index (κ1) is 28.8. The number of fused-ring (bicyclic) bond motifs is 1. The first-order valence-electron chi connectivity index (χ1n) is 12.9. The van der Waals surface area contributed by atoms with E-state index in [1.165, 1.54) is 40.2 Å². The summed E-state index contributed by atoms with van der Waals surface area (Å²) in [6.45, 7) is 1.73. The van der Waals surface area contributed by atoms with E-state index >= 15 is 0 Å². The van der Waals surface area contributed by atoms with Crippen LogP contribution < -0.4 is 10.6 Å². The van der Waals surface area contributed by atoms with Crippen LogP contribution in [-0.4, -0.2) is 56.6 Å². The summed E-state index contributed by atoms with van der Waals surface area (Å²) >= 11 is 12.5. The first-order valence-corrected chi connectivity index (χ1v) is 15.1. The van der Waals surface area contributed by atoms with Crippen molar-refractivity contribution in [2.24, 2.45) is 5.73 Å². The van der Waals surface area contributed by atoms with Crippen molar-refractivity contribution in [1.29, 1.82) is 5.26 Å². The van der Waals surface area contributed by atoms with Crippen molar-refractivity contribution >= 4 is 56.7 Å². The average Bonchev–Trinajstić information content (AvgIpc) is 3.46. The third-order valence-electron chi connectivity index (χ3n) is 7.68. The van der Waals surface area contributed by atoms with Crippen LogP contribution in [0.3, 0.4) is 0 Å². The Kier molecular flexibility index (Phi) is 6.97. The van der Waals surface area contributed by atoms with Crippen molar-refractivity contribution in [2.75, 3.05) is 11.4 Å². The lowest BCUT2D eigenvalue weighted by Gasteiger charge is -2.37. The van der Waals surface area contributed by atoms with Gasteiger partial charge in [0.1, 0.15) is 24.0 Å². The molecule has 218 valence electrons. The predicted octanol–water partition coefficient (Wildman–Crippen LogP) is 3.40. The van der Waals surface area contributed by atoms with Gasteiger partial charge in [-0.25, -0.2) is 28.3 Å². The summed E-state index contributed by atoms with van der Waals surface area (Å²) in [5.74, 6) is -1.17. The molecule has 12 nitrogen and oxygen atoms in total. The maximum Gasteiger partial charge on any atom is 0.261 e. The normalized spacial score (nSPS) is 20.0. The molecule has 15 heteroatoms. The number of rotatable bonds is 7. The van der Waals surface area contributed by atoms with Gasteiger partial charge in [-0.3, -0.25) is 14.2 Å². The standard InChI is InChI=1S/C28H22Cl2N8O4S/c1-28(11-16-2-4-17(5-3-16)21-13-33-15-35-22(21)12-31)26(40)37(20-9-18(29)8-19(30)10-20)27-34-14-24(38(27)28)43(41,42)36-7-6-23(36)25(32)39/h2-5,8-10,13-15,23H,6-7,11H2,1H3,(H2,32,39)/t23-,28+/m0/s1. The van der Waals surface area contributed by atoms with Crippen molar-refractivity contribution in [2.45, 2.75) is 36.4 Å². The molecule has 4 aromatic rings. The monoisotopic (exact) mass is 636 g/mol. The average molecular weight is 638 g/mol. The number of halogens is 2. The number of hydrogen-bond donors (Lipinski definition) is 1. The molecule has 0 unspecified atom stereocenters. The molecule has 1 saturated heterocycles. The van der Waals surface area contributed by atoms with Gasteiger partial charge in [0.15, 0.2) is 10.7 Å². The van der Waals surface area contributed by atoms with Crippen LogP contribution in [-0.2, 0) is 31.6 Å². The molecule has 4 heterocycles. The van der Waals surface area contributed by atoms with Gasteiger partial charge >= 0.3 is 0 Å². The quantitative estimate of drug-likeness (QED) is 0.322. The molecule has 0 bridgehead atoms. The van der Waals surface area contributed by atoms with Gasteiger partial charge in [0, 0.05) is 34.8 Å². The summed E-state index contributed by atoms with van der Waals surface area (Å²) in [6, 6.07) is 12.7. The molecule has 2 aromatic carbocycles. The van der Waals surface area contributed by atoms with Crippen LogP contribution in [0.2, 0.25) is 10.0 Å². The zero-order valence-corrected chi connectivity index (χ0v) is 24.8. The number of benzene rings is 2. The SMILES string of the molecule is C[C@@]1(Cc2ccc(-c3cncnc3C#N)cc2)C(=O)N(c2cc(Cl)cc(Cl)c2)c2ncc(S(=O)(=O)N3CC[C@H]3C(N)=O)n21. The van der Waals surface area contributed by atoms with E-state index in [1.54, 1.807) is 37.4 Å². The van der Waals surface area contributed by atoms with Crippen molar-refractivity contribution in [1.82, 2.24) is 23.8 Å². The molecule has 2 aliphatic rings. The molecule has 0 radical (unpaired) electrons. The van der Waals surface area contributed by atoms with E-state index < -0.39 is 33.4 Å². The number of nitrogens with zero attached hydrogens (tertiary/aromatic N) is 7. The van der Waals surface area contributed by atoms with Crippen LogP contribution in [0.4, 0.5) is 11.6 Å². The minimum absolute atomic E-state index is 0.0530. The molecule has 2 N–H and O–H groups in total. The molecular formula is C28H22Cl2N8O4S. The minimum atomic E-state index is -4.28. The van der Waals surface area contributed by atoms with Crippen molar-refractivity contribution in [3.63, 3.8) is 0 Å². The van der Waals surface area contributed by atoms with Gasteiger partial charge in [-0.05, 0) is 42.7 Å². The third kappa shape index (κ3) is 4.63. The number of carbonyl (C=O) groups is 2. The summed E-state index contributed by atoms with van der Waals surface area (Å²) in [5, 5.41) is 9.72. The Morgan fingerprint density at radius 1 is 1.14 bits per heavy atom. The molecule has 1 fully saturated rings. The molecule has 2 amide bonds. The second kappa shape index (κ2) is 10.4. The van der Waals surface area contributed by atoms with E-state index in [0.29, 0.717) is 28.8 Å². The smallest absolute Gasteiger partial charge is 0.261 e. The van der Waals surface area contributed by atoms with Gasteiger partial charge in [0.25, 0.3) is 15.9 Å². The fraction of sp³-hybridized carbons (Fsp3) is 0.214. The molecular weight excluding hydrogens is 615 g/mol. The lowest BCUT2D eigenvalue weighted by atomic mass is 9.91. The van der Waals surface area contributed by atoms with Crippen molar-refractivity contribution in [3.8, 4) is 17.2 Å². The molecule has 6 rings (SSSR count). The van der Waals surface area contributed by atoms with E-state index in [-0.39, 0.29) is 39.7 Å². The van der Waals surface area contributed by atoms with Crippen LogP contribution in [0.5, 0.6) is 0 Å². The van der Waals surface area contributed by atoms with Gasteiger partial charge in [-0.2, -0.15) is 9.57 Å². The number of nitrogens with two attached hydrogens (primary N) is 1. The number of sulfonamides is 1. The maximum absolute atomic E-state index is 14.3. The molecule has 0 aliphatic carbocycles. The van der Waals surface area contributed by atoms with Crippen molar-refractivity contribution in [3.05, 3.63) is 82.5 Å². The Hall–Kier alpha value is -4.35. The Morgan fingerprint density at radius 2 is 1.84 bits per heavy atom. The Balaban J connectivity index is 1.46. The Labute approximate surface area is 256 Å². The van der Waals surface area contributed by atoms with E-state index in [0.717, 1.165) is 4.31 Å². The third-order valence-corrected chi connectivity index (χ3v) is 9.98. The summed E-state index contributed by atoms with van der Waals surface area (Å²) in [7, 11) is -4.28. The van der Waals surface area contributed by atoms with Gasteiger partial charge in [0.05, 0.1) is 11.9 Å². The maximum atomic E-state index is 14.3. The highest BCUT2D eigenvalue weighted by atomic mass is 35.5. The fourth-order valence-corrected chi connectivity index (χ4v) is 7.84. The zero-order valence-electron chi connectivity index (χ0n) is 22.5. The number of hydrogen-bond acceptors (Lipinski definition) is 8. The Morgan fingerprint density at radius 3 is 2.44 bits per heavy atom. The number of anilines is 2. The molecule has 0 saturated carbocycles. The second-order valence-electron chi connectivity index (χ2n) is 10.4. The summed E-state index contributed by atoms with van der Waals surface area (Å²) in [5.41, 5.74) is 6.43. The summed E-state index contributed by atoms with van der Waals surface area (Å²) < 4.78 is 30.1. The number of amides is 2. The van der Waals surface area contributed by atoms with Crippen molar-refractivity contribution < 1.29 is 18.0 Å². The fourth-order valence-electron chi connectivity index (χ4n) is 5.50. The highest BCUT2D eigenvalue weighted by Gasteiger charge is 2.53. The van der Waals surface area contributed by atoms with E-state index in [1.807, 2.05) is 6.07 Å². The van der Waals surface area contributed by atoms with Crippen LogP contribution >= 0.6 is 23.2 Å². The molecule has 2 aromatic heterocycles. The summed E-state index contributed by atoms with van der Waals surface area (Å²) in [6.07, 6.45) is 4.37. The number of imidazole rings is 1. The largest absolute Gasteiger partial charge is 0.368 e. The molecule has 2 atom stereocenters. The number of carbonyl (C=O) groups excluding carboxylic acids is 2. The van der Waals surface area contributed by atoms with Gasteiger partial charge in [-0.1, -0.05) is 47.5 Å². The van der Waals surface area contributed by atoms with E-state index in [2.05, 4.69) is 15.0 Å². The molecule has 2 aliphatic heterocycles. The molecule has 43 heavy (non-hydrogen) atoms. The van der Waals surface area contributed by atoms with E-state index in [9.17, 15) is 23.3 Å². The lowest BCUT2D eigenvalue weighted by molar-refractivity contribution is -0.125. The highest BCUT2D eigenvalue weighted by Crippen LogP contribution is 2.45. The lowest BCUT2D eigenvalue weighted by Crippen LogP contribution is -2.57. The number of aromatic nitrogens is 4. The molecule has 0 spiro atoms. The topological polar surface area (TPSA) is 168 Å². The van der Waals surface area contributed by atoms with Crippen LogP contribution in [0.15, 0.2) is 66.2 Å². The van der Waals surface area contributed by atoms with Gasteiger partial charge in [0.2, 0.25) is 11.9 Å². The number of nitriles is 1.